The summed E-state index contributed by atoms with van der Waals surface area (Å²) < 4.78 is 26.5. The third-order valence-electron chi connectivity index (χ3n) is 5.07. The Morgan fingerprint density at radius 1 is 1.34 bits per heavy atom. The lowest BCUT2D eigenvalue weighted by atomic mass is 9.97. The number of carbonyl (C=O) groups excluding carboxylic acids is 1. The lowest BCUT2D eigenvalue weighted by molar-refractivity contribution is -0.123. The van der Waals surface area contributed by atoms with Gasteiger partial charge in [0.15, 0.2) is 0 Å². The minimum absolute atomic E-state index is 0.0519. The zero-order chi connectivity index (χ0) is 20.9. The Morgan fingerprint density at radius 3 is 2.86 bits per heavy atom. The van der Waals surface area contributed by atoms with Gasteiger partial charge in [0, 0.05) is 29.2 Å². The molecule has 1 fully saturated rings. The molecule has 3 rings (SSSR count). The van der Waals surface area contributed by atoms with Crippen molar-refractivity contribution in [2.75, 3.05) is 23.7 Å². The van der Waals surface area contributed by atoms with Crippen LogP contribution in [0, 0.1) is 18.3 Å². The third kappa shape index (κ3) is 5.27. The van der Waals surface area contributed by atoms with Crippen molar-refractivity contribution in [2.45, 2.75) is 32.7 Å². The summed E-state index contributed by atoms with van der Waals surface area (Å²) in [6.07, 6.45) is 7.49. The van der Waals surface area contributed by atoms with Gasteiger partial charge in [-0.25, -0.2) is 12.7 Å². The quantitative estimate of drug-likeness (QED) is 0.629. The molecule has 0 saturated carbocycles. The number of terminal acetylenes is 1. The van der Waals surface area contributed by atoms with E-state index in [-0.39, 0.29) is 24.1 Å². The number of nitrogens with zero attached hydrogens (tertiary/aromatic N) is 2. The molecule has 1 atom stereocenters. The van der Waals surface area contributed by atoms with E-state index < -0.39 is 10.0 Å². The summed E-state index contributed by atoms with van der Waals surface area (Å²) in [5.74, 6) is 2.33. The van der Waals surface area contributed by atoms with Gasteiger partial charge in [-0.05, 0) is 48.9 Å². The number of hydrogen-bond acceptors (Lipinski definition) is 4. The van der Waals surface area contributed by atoms with Crippen LogP contribution in [0.3, 0.4) is 0 Å². The molecule has 1 aliphatic rings. The Labute approximate surface area is 177 Å². The van der Waals surface area contributed by atoms with Crippen molar-refractivity contribution in [3.8, 4) is 12.3 Å². The first-order valence-corrected chi connectivity index (χ1v) is 12.3. The molecular formula is C22H26N2O3S2. The smallest absolute Gasteiger partial charge is 0.231 e. The molecule has 2 aromatic rings. The molecule has 1 amide bonds. The minimum Gasteiger partial charge on any atom is -0.307 e. The van der Waals surface area contributed by atoms with Crippen molar-refractivity contribution >= 4 is 33.0 Å². The monoisotopic (exact) mass is 430 g/mol. The van der Waals surface area contributed by atoms with Crippen LogP contribution in [0.2, 0.25) is 0 Å². The number of anilines is 1. The fourth-order valence-electron chi connectivity index (χ4n) is 3.62. The summed E-state index contributed by atoms with van der Waals surface area (Å²) in [4.78, 5) is 16.3. The van der Waals surface area contributed by atoms with Gasteiger partial charge in [0.1, 0.15) is 0 Å². The fraction of sp³-hybridized carbons (Fsp3) is 0.409. The highest BCUT2D eigenvalue weighted by Gasteiger charge is 2.34. The van der Waals surface area contributed by atoms with Gasteiger partial charge >= 0.3 is 0 Å². The SMILES string of the molecule is C#Cc1cccc(N(Cc2cccs2)C(=O)C2CCCN(S(=O)(=O)CCC)C2)c1. The molecule has 0 radical (unpaired) electrons. The average Bonchev–Trinajstić information content (AvgIpc) is 3.25. The molecule has 7 heteroatoms. The van der Waals surface area contributed by atoms with E-state index in [0.717, 1.165) is 10.6 Å². The van der Waals surface area contributed by atoms with E-state index in [4.69, 9.17) is 6.42 Å². The van der Waals surface area contributed by atoms with Gasteiger partial charge in [0.2, 0.25) is 15.9 Å². The van der Waals surface area contributed by atoms with Gasteiger partial charge in [-0.1, -0.05) is 25.0 Å². The molecule has 2 heterocycles. The number of sulfonamides is 1. The lowest BCUT2D eigenvalue weighted by Crippen LogP contribution is -2.47. The molecule has 1 saturated heterocycles. The Bertz CT molecular complexity index is 978. The van der Waals surface area contributed by atoms with E-state index in [0.29, 0.717) is 37.9 Å². The van der Waals surface area contributed by atoms with E-state index in [1.807, 2.05) is 48.7 Å². The van der Waals surface area contributed by atoms with Crippen LogP contribution in [0.1, 0.15) is 36.6 Å². The summed E-state index contributed by atoms with van der Waals surface area (Å²) in [6.45, 7) is 3.04. The Morgan fingerprint density at radius 2 is 2.17 bits per heavy atom. The van der Waals surface area contributed by atoms with Gasteiger partial charge < -0.3 is 4.90 Å². The summed E-state index contributed by atoms with van der Waals surface area (Å²) in [5, 5.41) is 1.98. The van der Waals surface area contributed by atoms with E-state index in [9.17, 15) is 13.2 Å². The molecule has 1 aromatic carbocycles. The standard InChI is InChI=1S/C22H26N2O3S2/c1-3-14-29(26,27)23-12-6-9-19(16-23)22(25)24(17-21-11-7-13-28-21)20-10-5-8-18(4-2)15-20/h2,5,7-8,10-11,13,15,19H,3,6,9,12,14,16-17H2,1H3. The van der Waals surface area contributed by atoms with Crippen LogP contribution in [0.5, 0.6) is 0 Å². The molecule has 1 aliphatic heterocycles. The molecule has 5 nitrogen and oxygen atoms in total. The summed E-state index contributed by atoms with van der Waals surface area (Å²) >= 11 is 1.59. The maximum atomic E-state index is 13.5. The summed E-state index contributed by atoms with van der Waals surface area (Å²) in [7, 11) is -3.31. The largest absolute Gasteiger partial charge is 0.307 e. The molecule has 0 aliphatic carbocycles. The first-order chi connectivity index (χ1) is 13.9. The number of benzene rings is 1. The highest BCUT2D eigenvalue weighted by molar-refractivity contribution is 7.89. The Hall–Kier alpha value is -2.14. The normalized spacial score (nSPS) is 17.6. The highest BCUT2D eigenvalue weighted by Crippen LogP contribution is 2.27. The molecule has 0 spiro atoms. The van der Waals surface area contributed by atoms with Crippen LogP contribution < -0.4 is 4.90 Å². The second kappa shape index (κ2) is 9.57. The zero-order valence-corrected chi connectivity index (χ0v) is 18.2. The third-order valence-corrected chi connectivity index (χ3v) is 7.98. The fourth-order valence-corrected chi connectivity index (χ4v) is 5.90. The van der Waals surface area contributed by atoms with Crippen molar-refractivity contribution < 1.29 is 13.2 Å². The molecule has 0 bridgehead atoms. The van der Waals surface area contributed by atoms with Gasteiger partial charge in [-0.3, -0.25) is 4.79 Å². The van der Waals surface area contributed by atoms with Gasteiger partial charge in [0.05, 0.1) is 18.2 Å². The number of hydrogen-bond donors (Lipinski definition) is 0. The first kappa shape index (κ1) is 21.6. The molecule has 154 valence electrons. The predicted molar refractivity (Wildman–Crippen MR) is 118 cm³/mol. The van der Waals surface area contributed by atoms with E-state index in [2.05, 4.69) is 5.92 Å². The minimum atomic E-state index is -3.31. The van der Waals surface area contributed by atoms with E-state index in [1.165, 1.54) is 4.31 Å². The van der Waals surface area contributed by atoms with Crippen LogP contribution >= 0.6 is 11.3 Å². The average molecular weight is 431 g/mol. The van der Waals surface area contributed by atoms with Crippen LogP contribution in [0.25, 0.3) is 0 Å². The van der Waals surface area contributed by atoms with Gasteiger partial charge in [-0.15, -0.1) is 17.8 Å². The number of carbonyl (C=O) groups is 1. The molecule has 1 aromatic heterocycles. The lowest BCUT2D eigenvalue weighted by Gasteiger charge is -2.34. The topological polar surface area (TPSA) is 57.7 Å². The first-order valence-electron chi connectivity index (χ1n) is 9.83. The number of amides is 1. The van der Waals surface area contributed by atoms with Crippen molar-refractivity contribution in [3.05, 3.63) is 52.2 Å². The van der Waals surface area contributed by atoms with Crippen molar-refractivity contribution in [2.24, 2.45) is 5.92 Å². The van der Waals surface area contributed by atoms with Crippen LogP contribution in [0.4, 0.5) is 5.69 Å². The summed E-state index contributed by atoms with van der Waals surface area (Å²) in [5.41, 5.74) is 1.45. The maximum absolute atomic E-state index is 13.5. The number of rotatable bonds is 7. The van der Waals surface area contributed by atoms with Crippen molar-refractivity contribution in [1.82, 2.24) is 4.31 Å². The Balaban J connectivity index is 1.86. The van der Waals surface area contributed by atoms with Crippen molar-refractivity contribution in [1.29, 1.82) is 0 Å². The zero-order valence-electron chi connectivity index (χ0n) is 16.6. The molecule has 0 N–H and O–H groups in total. The highest BCUT2D eigenvalue weighted by atomic mass is 32.2. The number of thiophene rings is 1. The Kier molecular flexibility index (Phi) is 7.12. The van der Waals surface area contributed by atoms with Crippen LogP contribution in [-0.2, 0) is 21.4 Å². The number of piperidine rings is 1. The van der Waals surface area contributed by atoms with Crippen LogP contribution in [0.15, 0.2) is 41.8 Å². The maximum Gasteiger partial charge on any atom is 0.231 e. The van der Waals surface area contributed by atoms with Gasteiger partial charge in [-0.2, -0.15) is 0 Å². The van der Waals surface area contributed by atoms with E-state index >= 15 is 0 Å². The molecule has 1 unspecified atom stereocenters. The second-order valence-corrected chi connectivity index (χ2v) is 10.3. The van der Waals surface area contributed by atoms with E-state index in [1.54, 1.807) is 16.2 Å². The molecule has 29 heavy (non-hydrogen) atoms. The van der Waals surface area contributed by atoms with Crippen molar-refractivity contribution in [3.63, 3.8) is 0 Å². The second-order valence-electron chi connectivity index (χ2n) is 7.21. The van der Waals surface area contributed by atoms with Gasteiger partial charge in [0.25, 0.3) is 0 Å². The summed E-state index contributed by atoms with van der Waals surface area (Å²) in [6, 6.07) is 11.3. The van der Waals surface area contributed by atoms with Crippen LogP contribution in [-0.4, -0.2) is 37.5 Å². The molecular weight excluding hydrogens is 404 g/mol. The predicted octanol–water partition coefficient (Wildman–Crippen LogP) is 3.71.